The van der Waals surface area contributed by atoms with Crippen molar-refractivity contribution in [2.24, 2.45) is 0 Å². The third-order valence-electron chi connectivity index (χ3n) is 2.64. The van der Waals surface area contributed by atoms with Crippen molar-refractivity contribution >= 4 is 45.6 Å². The molecule has 0 aromatic heterocycles. The van der Waals surface area contributed by atoms with Crippen LogP contribution >= 0.6 is 0 Å². The molecular formula is C13H24NaO5S. The molecule has 7 heteroatoms. The predicted octanol–water partition coefficient (Wildman–Crippen LogP) is 2.34. The van der Waals surface area contributed by atoms with Crippen LogP contribution in [0, 0.1) is 0 Å². The molecule has 0 fully saturated rings. The van der Waals surface area contributed by atoms with Crippen molar-refractivity contribution in [2.45, 2.75) is 51.4 Å². The van der Waals surface area contributed by atoms with Crippen molar-refractivity contribution in [3.05, 3.63) is 12.7 Å². The molecule has 0 saturated carbocycles. The van der Waals surface area contributed by atoms with E-state index in [-0.39, 0.29) is 36.2 Å². The van der Waals surface area contributed by atoms with Crippen molar-refractivity contribution in [3.8, 4) is 0 Å². The first kappa shape index (κ1) is 22.4. The summed E-state index contributed by atoms with van der Waals surface area (Å²) in [5.41, 5.74) is 0. The van der Waals surface area contributed by atoms with Crippen LogP contribution in [0.1, 0.15) is 51.4 Å². The second-order valence-corrected chi connectivity index (χ2v) is 6.03. The Morgan fingerprint density at radius 2 is 1.65 bits per heavy atom. The van der Waals surface area contributed by atoms with E-state index < -0.39 is 21.8 Å². The number of esters is 1. The fourth-order valence-electron chi connectivity index (χ4n) is 1.60. The van der Waals surface area contributed by atoms with Crippen LogP contribution in [-0.2, 0) is 19.6 Å². The van der Waals surface area contributed by atoms with Gasteiger partial charge in [0.15, 0.2) is 0 Å². The Labute approximate surface area is 144 Å². The fraction of sp³-hybridized carbons (Fsp3) is 0.769. The topological polar surface area (TPSA) is 80.7 Å². The van der Waals surface area contributed by atoms with Crippen molar-refractivity contribution in [2.75, 3.05) is 12.4 Å². The van der Waals surface area contributed by atoms with E-state index in [1.54, 1.807) is 0 Å². The number of ether oxygens (including phenoxy) is 1. The van der Waals surface area contributed by atoms with E-state index in [1.807, 2.05) is 6.08 Å². The molecule has 0 saturated heterocycles. The molecular weight excluding hydrogens is 291 g/mol. The summed E-state index contributed by atoms with van der Waals surface area (Å²) in [5, 5.41) is 0. The van der Waals surface area contributed by atoms with Crippen LogP contribution in [0.5, 0.6) is 0 Å². The zero-order chi connectivity index (χ0) is 14.6. The van der Waals surface area contributed by atoms with Crippen LogP contribution < -0.4 is 0 Å². The van der Waals surface area contributed by atoms with E-state index in [0.717, 1.165) is 32.1 Å². The number of carbonyl (C=O) groups excluding carboxylic acids is 1. The van der Waals surface area contributed by atoms with E-state index in [2.05, 4.69) is 11.3 Å². The van der Waals surface area contributed by atoms with Crippen LogP contribution in [-0.4, -0.2) is 60.9 Å². The molecule has 0 aromatic rings. The normalized spacial score (nSPS) is 10.7. The molecule has 0 aromatic carbocycles. The average molecular weight is 315 g/mol. The van der Waals surface area contributed by atoms with Gasteiger partial charge in [0.2, 0.25) is 0 Å². The van der Waals surface area contributed by atoms with Gasteiger partial charge in [-0.25, -0.2) is 0 Å². The third kappa shape index (κ3) is 18.1. The van der Waals surface area contributed by atoms with E-state index in [9.17, 15) is 13.2 Å². The zero-order valence-electron chi connectivity index (χ0n) is 12.3. The molecule has 113 valence electrons. The minimum atomic E-state index is -4.04. The van der Waals surface area contributed by atoms with Gasteiger partial charge >= 0.3 is 5.97 Å². The van der Waals surface area contributed by atoms with Crippen LogP contribution in [0.15, 0.2) is 12.7 Å². The molecule has 5 nitrogen and oxygen atoms in total. The summed E-state index contributed by atoms with van der Waals surface area (Å²) in [4.78, 5) is 11.2. The summed E-state index contributed by atoms with van der Waals surface area (Å²) in [6.07, 6.45) is 9.61. The Kier molecular flexibility index (Phi) is 15.8. The molecule has 20 heavy (non-hydrogen) atoms. The summed E-state index contributed by atoms with van der Waals surface area (Å²) in [6.45, 7) is 3.38. The zero-order valence-corrected chi connectivity index (χ0v) is 15.2. The van der Waals surface area contributed by atoms with Gasteiger partial charge in [-0.15, -0.1) is 6.58 Å². The number of hydrogen-bond acceptors (Lipinski definition) is 4. The van der Waals surface area contributed by atoms with Crippen molar-refractivity contribution in [1.82, 2.24) is 0 Å². The Bertz CT molecular complexity index is 354. The maximum Gasteiger partial charge on any atom is 0.305 e. The van der Waals surface area contributed by atoms with Gasteiger partial charge in [0.05, 0.1) is 0 Å². The predicted molar refractivity (Wildman–Crippen MR) is 80.3 cm³/mol. The molecule has 0 rings (SSSR count). The maximum atomic E-state index is 11.2. The summed E-state index contributed by atoms with van der Waals surface area (Å²) >= 11 is 0. The van der Waals surface area contributed by atoms with Gasteiger partial charge in [-0.2, -0.15) is 8.42 Å². The minimum absolute atomic E-state index is 0. The monoisotopic (exact) mass is 315 g/mol. The third-order valence-corrected chi connectivity index (χ3v) is 3.33. The minimum Gasteiger partial charge on any atom is -0.464 e. The van der Waals surface area contributed by atoms with E-state index in [1.165, 1.54) is 12.8 Å². The first-order chi connectivity index (χ1) is 8.95. The second kappa shape index (κ2) is 14.1. The standard InChI is InChI=1S/C13H24O5S.Na/c1-2-3-4-5-6-7-8-9-10-13(14)18-11-12-19(15,16)17;/h2H,1,3-12H2,(H,15,16,17);. The van der Waals surface area contributed by atoms with Crippen LogP contribution in [0.2, 0.25) is 0 Å². The molecule has 1 radical (unpaired) electrons. The van der Waals surface area contributed by atoms with Crippen molar-refractivity contribution < 1.29 is 22.5 Å². The fourth-order valence-corrected chi connectivity index (χ4v) is 1.89. The summed E-state index contributed by atoms with van der Waals surface area (Å²) < 4.78 is 33.9. The number of rotatable bonds is 12. The van der Waals surface area contributed by atoms with Gasteiger partial charge in [-0.1, -0.05) is 31.8 Å². The van der Waals surface area contributed by atoms with Gasteiger partial charge in [0, 0.05) is 36.0 Å². The first-order valence-corrected chi connectivity index (χ1v) is 8.28. The number of allylic oxidation sites excluding steroid dienone is 1. The molecule has 0 aliphatic heterocycles. The van der Waals surface area contributed by atoms with Crippen LogP contribution in [0.25, 0.3) is 0 Å². The molecule has 0 atom stereocenters. The Morgan fingerprint density at radius 3 is 2.20 bits per heavy atom. The van der Waals surface area contributed by atoms with Gasteiger partial charge < -0.3 is 4.74 Å². The largest absolute Gasteiger partial charge is 0.464 e. The second-order valence-electron chi connectivity index (χ2n) is 4.46. The Balaban J connectivity index is 0. The molecule has 0 bridgehead atoms. The smallest absolute Gasteiger partial charge is 0.305 e. The quantitative estimate of drug-likeness (QED) is 0.196. The van der Waals surface area contributed by atoms with Gasteiger partial charge in [0.1, 0.15) is 12.4 Å². The van der Waals surface area contributed by atoms with Crippen LogP contribution in [0.3, 0.4) is 0 Å². The number of hydrogen-bond donors (Lipinski definition) is 1. The Morgan fingerprint density at radius 1 is 1.10 bits per heavy atom. The molecule has 0 amide bonds. The molecule has 0 aliphatic rings. The van der Waals surface area contributed by atoms with Gasteiger partial charge in [-0.05, 0) is 19.3 Å². The summed E-state index contributed by atoms with van der Waals surface area (Å²) in [7, 11) is -4.04. The molecule has 0 unspecified atom stereocenters. The van der Waals surface area contributed by atoms with Crippen molar-refractivity contribution in [3.63, 3.8) is 0 Å². The van der Waals surface area contributed by atoms with E-state index >= 15 is 0 Å². The molecule has 0 aliphatic carbocycles. The number of unbranched alkanes of at least 4 members (excludes halogenated alkanes) is 6. The molecule has 1 N–H and O–H groups in total. The summed E-state index contributed by atoms with van der Waals surface area (Å²) in [6, 6.07) is 0. The SMILES string of the molecule is C=CCCCCCCCCC(=O)OCCS(=O)(=O)O.[Na]. The van der Waals surface area contributed by atoms with Crippen LogP contribution in [0.4, 0.5) is 0 Å². The van der Waals surface area contributed by atoms with E-state index in [0.29, 0.717) is 6.42 Å². The summed E-state index contributed by atoms with van der Waals surface area (Å²) in [5.74, 6) is -0.947. The number of carbonyl (C=O) groups is 1. The average Bonchev–Trinajstić information content (AvgIpc) is 2.31. The Hall–Kier alpha value is 0.120. The first-order valence-electron chi connectivity index (χ1n) is 6.67. The van der Waals surface area contributed by atoms with Gasteiger partial charge in [0.25, 0.3) is 10.1 Å². The van der Waals surface area contributed by atoms with Gasteiger partial charge in [-0.3, -0.25) is 9.35 Å². The van der Waals surface area contributed by atoms with E-state index in [4.69, 9.17) is 4.55 Å². The van der Waals surface area contributed by atoms with Crippen molar-refractivity contribution in [1.29, 1.82) is 0 Å². The maximum absolute atomic E-state index is 11.2. The molecule has 0 spiro atoms. The molecule has 0 heterocycles.